The fraction of sp³-hybridized carbons (Fsp3) is 0.625. The van der Waals surface area contributed by atoms with Crippen LogP contribution in [0, 0.1) is 5.92 Å². The van der Waals surface area contributed by atoms with Crippen molar-refractivity contribution in [3.05, 3.63) is 58.7 Å². The van der Waals surface area contributed by atoms with Crippen LogP contribution in [0.1, 0.15) is 74.6 Å². The Bertz CT molecular complexity index is 927. The molecule has 0 bridgehead atoms. The van der Waals surface area contributed by atoms with E-state index >= 15 is 0 Å². The molecule has 2 aromatic carbocycles. The van der Waals surface area contributed by atoms with Crippen molar-refractivity contribution < 1.29 is 9.47 Å². The Morgan fingerprint density at radius 3 is 2.03 bits per heavy atom. The predicted molar refractivity (Wildman–Crippen MR) is 150 cm³/mol. The van der Waals surface area contributed by atoms with E-state index in [2.05, 4.69) is 60.5 Å². The van der Waals surface area contributed by atoms with Gasteiger partial charge >= 0.3 is 0 Å². The fourth-order valence-corrected chi connectivity index (χ4v) is 6.05. The summed E-state index contributed by atoms with van der Waals surface area (Å²) < 4.78 is 11.0. The zero-order chi connectivity index (χ0) is 25.3. The molecule has 0 amide bonds. The maximum Gasteiger partial charge on any atom is 0.122 e. The van der Waals surface area contributed by atoms with Crippen molar-refractivity contribution in [3.63, 3.8) is 0 Å². The summed E-state index contributed by atoms with van der Waals surface area (Å²) in [7, 11) is 3.56. The SMILES string of the molecule is CCCN(CC1CC1)C1CCc2cccc(OC)c2C1.CCCNC1CCc2cccc(OC)c2C1. The lowest BCUT2D eigenvalue weighted by Gasteiger charge is -2.35. The summed E-state index contributed by atoms with van der Waals surface area (Å²) in [6.45, 7) is 8.21. The fourth-order valence-electron chi connectivity index (χ4n) is 6.05. The zero-order valence-corrected chi connectivity index (χ0v) is 23.2. The van der Waals surface area contributed by atoms with Crippen LogP contribution < -0.4 is 14.8 Å². The smallest absolute Gasteiger partial charge is 0.122 e. The summed E-state index contributed by atoms with van der Waals surface area (Å²) in [6.07, 6.45) is 12.6. The summed E-state index contributed by atoms with van der Waals surface area (Å²) >= 11 is 0. The first-order valence-corrected chi connectivity index (χ1v) is 14.4. The number of fused-ring (bicyclic) bond motifs is 2. The summed E-state index contributed by atoms with van der Waals surface area (Å²) in [4.78, 5) is 2.76. The second-order valence-electron chi connectivity index (χ2n) is 10.9. The molecule has 36 heavy (non-hydrogen) atoms. The standard InChI is InChI=1S/C18H27NO.C14H21NO/c1-3-11-19(13-14-7-8-14)16-10-9-15-5-4-6-18(20-2)17(15)12-16;1-3-9-15-12-8-7-11-5-4-6-14(16-2)13(11)10-12/h4-6,14,16H,3,7-13H2,1-2H3;4-6,12,15H,3,7-10H2,1-2H3. The predicted octanol–water partition coefficient (Wildman–Crippen LogP) is 6.23. The van der Waals surface area contributed by atoms with E-state index in [9.17, 15) is 0 Å². The molecule has 1 saturated carbocycles. The van der Waals surface area contributed by atoms with E-state index in [0.29, 0.717) is 6.04 Å². The molecular formula is C32H48N2O2. The lowest BCUT2D eigenvalue weighted by molar-refractivity contribution is 0.171. The molecule has 198 valence electrons. The maximum absolute atomic E-state index is 5.58. The van der Waals surface area contributed by atoms with Gasteiger partial charge in [-0.1, -0.05) is 38.1 Å². The van der Waals surface area contributed by atoms with Crippen LogP contribution in [0.4, 0.5) is 0 Å². The Morgan fingerprint density at radius 1 is 0.806 bits per heavy atom. The molecule has 0 aliphatic heterocycles. The van der Waals surface area contributed by atoms with Crippen molar-refractivity contribution in [2.75, 3.05) is 33.9 Å². The van der Waals surface area contributed by atoms with Gasteiger partial charge in [0, 0.05) is 18.6 Å². The summed E-state index contributed by atoms with van der Waals surface area (Å²) in [5.74, 6) is 3.14. The lowest BCUT2D eigenvalue weighted by Crippen LogP contribution is -2.41. The van der Waals surface area contributed by atoms with Gasteiger partial charge in [0.1, 0.15) is 11.5 Å². The van der Waals surface area contributed by atoms with Crippen LogP contribution in [0.5, 0.6) is 11.5 Å². The first-order chi connectivity index (χ1) is 17.7. The second-order valence-corrected chi connectivity index (χ2v) is 10.9. The van der Waals surface area contributed by atoms with Crippen LogP contribution in [0.15, 0.2) is 36.4 Å². The summed E-state index contributed by atoms with van der Waals surface area (Å²) in [5.41, 5.74) is 5.84. The average Bonchev–Trinajstić information content (AvgIpc) is 3.75. The van der Waals surface area contributed by atoms with Gasteiger partial charge < -0.3 is 14.8 Å². The molecule has 0 saturated heterocycles. The summed E-state index contributed by atoms with van der Waals surface area (Å²) in [5, 5.41) is 3.61. The van der Waals surface area contributed by atoms with Crippen molar-refractivity contribution in [2.24, 2.45) is 5.92 Å². The van der Waals surface area contributed by atoms with Crippen molar-refractivity contribution in [3.8, 4) is 11.5 Å². The molecule has 2 aromatic rings. The van der Waals surface area contributed by atoms with Crippen LogP contribution in [0.3, 0.4) is 0 Å². The Morgan fingerprint density at radius 2 is 1.44 bits per heavy atom. The number of aryl methyl sites for hydroxylation is 2. The summed E-state index contributed by atoms with van der Waals surface area (Å²) in [6, 6.07) is 14.3. The third-order valence-corrected chi connectivity index (χ3v) is 8.20. The van der Waals surface area contributed by atoms with Crippen molar-refractivity contribution in [2.45, 2.75) is 90.1 Å². The number of hydrogen-bond donors (Lipinski definition) is 1. The Kier molecular flexibility index (Phi) is 10.1. The quantitative estimate of drug-likeness (QED) is 0.426. The van der Waals surface area contributed by atoms with Crippen LogP contribution in [0.25, 0.3) is 0 Å². The van der Waals surface area contributed by atoms with Crippen LogP contribution >= 0.6 is 0 Å². The molecule has 0 spiro atoms. The Balaban J connectivity index is 0.000000174. The minimum absolute atomic E-state index is 0.628. The first-order valence-electron chi connectivity index (χ1n) is 14.4. The molecule has 3 aliphatic carbocycles. The van der Waals surface area contributed by atoms with Crippen molar-refractivity contribution >= 4 is 0 Å². The molecule has 2 unspecified atom stereocenters. The van der Waals surface area contributed by atoms with Gasteiger partial charge in [0.25, 0.3) is 0 Å². The van der Waals surface area contributed by atoms with Gasteiger partial charge in [-0.2, -0.15) is 0 Å². The van der Waals surface area contributed by atoms with E-state index in [4.69, 9.17) is 9.47 Å². The maximum atomic E-state index is 5.58. The average molecular weight is 493 g/mol. The topological polar surface area (TPSA) is 33.7 Å². The molecule has 0 radical (unpaired) electrons. The zero-order valence-electron chi connectivity index (χ0n) is 23.2. The number of ether oxygens (including phenoxy) is 2. The van der Waals surface area contributed by atoms with Gasteiger partial charge in [0.05, 0.1) is 14.2 Å². The number of rotatable bonds is 10. The molecular weight excluding hydrogens is 444 g/mol. The Hall–Kier alpha value is -2.04. The van der Waals surface area contributed by atoms with E-state index in [1.807, 2.05) is 0 Å². The third-order valence-electron chi connectivity index (χ3n) is 8.20. The van der Waals surface area contributed by atoms with Gasteiger partial charge in [0.2, 0.25) is 0 Å². The molecule has 2 atom stereocenters. The number of nitrogens with zero attached hydrogens (tertiary/aromatic N) is 1. The van der Waals surface area contributed by atoms with Crippen molar-refractivity contribution in [1.82, 2.24) is 10.2 Å². The molecule has 4 heteroatoms. The van der Waals surface area contributed by atoms with Gasteiger partial charge in [-0.3, -0.25) is 4.90 Å². The van der Waals surface area contributed by atoms with E-state index in [0.717, 1.165) is 36.4 Å². The number of hydrogen-bond acceptors (Lipinski definition) is 4. The lowest BCUT2D eigenvalue weighted by atomic mass is 9.86. The van der Waals surface area contributed by atoms with Gasteiger partial charge in [-0.25, -0.2) is 0 Å². The van der Waals surface area contributed by atoms with Gasteiger partial charge in [-0.05, 0) is 118 Å². The highest BCUT2D eigenvalue weighted by molar-refractivity contribution is 5.43. The van der Waals surface area contributed by atoms with Crippen molar-refractivity contribution in [1.29, 1.82) is 0 Å². The number of methoxy groups -OCH3 is 2. The second kappa shape index (κ2) is 13.5. The normalized spacial score (nSPS) is 20.7. The highest BCUT2D eigenvalue weighted by Crippen LogP contribution is 2.35. The van der Waals surface area contributed by atoms with Gasteiger partial charge in [0.15, 0.2) is 0 Å². The molecule has 5 rings (SSSR count). The molecule has 0 aromatic heterocycles. The van der Waals surface area contributed by atoms with Crippen LogP contribution in [-0.4, -0.2) is 50.8 Å². The molecule has 1 fully saturated rings. The molecule has 4 nitrogen and oxygen atoms in total. The Labute approximate surface area is 219 Å². The van der Waals surface area contributed by atoms with Crippen LogP contribution in [0.2, 0.25) is 0 Å². The van der Waals surface area contributed by atoms with E-state index in [1.54, 1.807) is 14.2 Å². The number of nitrogens with one attached hydrogen (secondary N) is 1. The minimum atomic E-state index is 0.628. The minimum Gasteiger partial charge on any atom is -0.496 e. The highest BCUT2D eigenvalue weighted by atomic mass is 16.5. The molecule has 3 aliphatic rings. The molecule has 1 N–H and O–H groups in total. The first kappa shape index (κ1) is 27.0. The van der Waals surface area contributed by atoms with E-state index in [-0.39, 0.29) is 0 Å². The van der Waals surface area contributed by atoms with Gasteiger partial charge in [-0.15, -0.1) is 0 Å². The number of benzene rings is 2. The molecule has 0 heterocycles. The van der Waals surface area contributed by atoms with Crippen LogP contribution in [-0.2, 0) is 25.7 Å². The monoisotopic (exact) mass is 492 g/mol. The highest BCUT2D eigenvalue weighted by Gasteiger charge is 2.30. The largest absolute Gasteiger partial charge is 0.496 e. The van der Waals surface area contributed by atoms with E-state index < -0.39 is 0 Å². The van der Waals surface area contributed by atoms with E-state index in [1.165, 1.54) is 93.1 Å². The third kappa shape index (κ3) is 7.04.